The Balaban J connectivity index is 1.53. The van der Waals surface area contributed by atoms with Gasteiger partial charge in [0, 0.05) is 43.0 Å². The van der Waals surface area contributed by atoms with Gasteiger partial charge in [-0.3, -0.25) is 14.5 Å². The summed E-state index contributed by atoms with van der Waals surface area (Å²) in [5, 5.41) is 0. The number of aromatic nitrogens is 4. The van der Waals surface area contributed by atoms with Crippen LogP contribution in [-0.2, 0) is 0 Å². The molecule has 0 N–H and O–H groups in total. The zero-order chi connectivity index (χ0) is 17.9. The summed E-state index contributed by atoms with van der Waals surface area (Å²) in [5.74, 6) is 2.82. The van der Waals surface area contributed by atoms with E-state index in [9.17, 15) is 0 Å². The number of piperidine rings is 1. The van der Waals surface area contributed by atoms with E-state index in [1.54, 1.807) is 0 Å². The fourth-order valence-electron chi connectivity index (χ4n) is 4.64. The Bertz CT molecular complexity index is 717. The molecule has 0 aromatic carbocycles. The van der Waals surface area contributed by atoms with Crippen molar-refractivity contribution in [2.45, 2.75) is 76.7 Å². The molecule has 5 nitrogen and oxygen atoms in total. The minimum absolute atomic E-state index is 0.368. The molecule has 1 saturated carbocycles. The van der Waals surface area contributed by atoms with E-state index in [1.807, 2.05) is 24.8 Å². The summed E-state index contributed by atoms with van der Waals surface area (Å²) in [6.45, 7) is 6.73. The summed E-state index contributed by atoms with van der Waals surface area (Å²) in [7, 11) is 0. The number of nitrogens with zero attached hydrogens (tertiary/aromatic N) is 5. The largest absolute Gasteiger partial charge is 0.300 e. The first kappa shape index (κ1) is 17.7. The average molecular weight is 354 g/mol. The topological polar surface area (TPSA) is 46.8 Å². The van der Waals surface area contributed by atoms with Crippen molar-refractivity contribution in [2.75, 3.05) is 13.1 Å². The molecule has 1 atom stereocenters. The highest BCUT2D eigenvalue weighted by Crippen LogP contribution is 2.31. The van der Waals surface area contributed by atoms with Crippen molar-refractivity contribution < 1.29 is 0 Å². The standard InChI is InChI=1S/C21H31N5/c1-16(2)21-23-10-12-26(21)20-14-22-13-19(24-20)17-7-6-11-25(15-17)18-8-4-3-5-9-18/h10,12-14,16-18H,3-9,11,15H2,1-2H3/t17-/m0/s1. The summed E-state index contributed by atoms with van der Waals surface area (Å²) >= 11 is 0. The van der Waals surface area contributed by atoms with Crippen LogP contribution in [0, 0.1) is 0 Å². The van der Waals surface area contributed by atoms with Gasteiger partial charge in [-0.15, -0.1) is 0 Å². The van der Waals surface area contributed by atoms with Crippen LogP contribution in [0.25, 0.3) is 5.82 Å². The van der Waals surface area contributed by atoms with Crippen molar-refractivity contribution in [3.63, 3.8) is 0 Å². The van der Waals surface area contributed by atoms with Crippen molar-refractivity contribution in [3.8, 4) is 5.82 Å². The fourth-order valence-corrected chi connectivity index (χ4v) is 4.64. The van der Waals surface area contributed by atoms with Gasteiger partial charge < -0.3 is 0 Å². The van der Waals surface area contributed by atoms with Gasteiger partial charge in [-0.05, 0) is 32.2 Å². The first-order chi connectivity index (χ1) is 12.7. The Kier molecular flexibility index (Phi) is 5.34. The SMILES string of the molecule is CC(C)c1nccn1-c1cncc([C@H]2CCCN(C3CCCCC3)C2)n1. The molecule has 2 aromatic rings. The minimum atomic E-state index is 0.368. The summed E-state index contributed by atoms with van der Waals surface area (Å²) in [4.78, 5) is 16.7. The van der Waals surface area contributed by atoms with E-state index in [-0.39, 0.29) is 0 Å². The highest BCUT2D eigenvalue weighted by molar-refractivity contribution is 5.25. The number of imidazole rings is 1. The van der Waals surface area contributed by atoms with Gasteiger partial charge in [0.05, 0.1) is 11.9 Å². The second-order valence-corrected chi connectivity index (χ2v) is 8.24. The summed E-state index contributed by atoms with van der Waals surface area (Å²) < 4.78 is 2.09. The molecule has 0 spiro atoms. The Morgan fingerprint density at radius 1 is 1.04 bits per heavy atom. The normalized spacial score (nSPS) is 22.8. The molecule has 26 heavy (non-hydrogen) atoms. The Labute approximate surface area is 156 Å². The van der Waals surface area contributed by atoms with E-state index in [2.05, 4.69) is 33.3 Å². The minimum Gasteiger partial charge on any atom is -0.300 e. The molecule has 4 rings (SSSR count). The van der Waals surface area contributed by atoms with Crippen LogP contribution in [0.15, 0.2) is 24.8 Å². The van der Waals surface area contributed by atoms with Crippen molar-refractivity contribution >= 4 is 0 Å². The maximum atomic E-state index is 5.00. The van der Waals surface area contributed by atoms with E-state index < -0.39 is 0 Å². The van der Waals surface area contributed by atoms with Gasteiger partial charge in [0.25, 0.3) is 0 Å². The van der Waals surface area contributed by atoms with Crippen molar-refractivity contribution in [1.82, 2.24) is 24.4 Å². The monoisotopic (exact) mass is 353 g/mol. The second kappa shape index (κ2) is 7.87. The molecular formula is C21H31N5. The molecule has 0 radical (unpaired) electrons. The molecule has 1 aliphatic carbocycles. The van der Waals surface area contributed by atoms with Crippen molar-refractivity contribution in [1.29, 1.82) is 0 Å². The van der Waals surface area contributed by atoms with Gasteiger partial charge in [-0.1, -0.05) is 33.1 Å². The number of likely N-dealkylation sites (tertiary alicyclic amines) is 1. The molecular weight excluding hydrogens is 322 g/mol. The number of hydrogen-bond acceptors (Lipinski definition) is 4. The van der Waals surface area contributed by atoms with Gasteiger partial charge in [0.2, 0.25) is 0 Å². The van der Waals surface area contributed by atoms with E-state index in [0.717, 1.165) is 29.9 Å². The lowest BCUT2D eigenvalue weighted by atomic mass is 9.89. The molecule has 5 heteroatoms. The van der Waals surface area contributed by atoms with Crippen LogP contribution in [0.4, 0.5) is 0 Å². The van der Waals surface area contributed by atoms with Crippen LogP contribution < -0.4 is 0 Å². The van der Waals surface area contributed by atoms with Crippen LogP contribution >= 0.6 is 0 Å². The van der Waals surface area contributed by atoms with Crippen LogP contribution in [0.3, 0.4) is 0 Å². The summed E-state index contributed by atoms with van der Waals surface area (Å²) in [6, 6.07) is 0.795. The lowest BCUT2D eigenvalue weighted by Gasteiger charge is -2.39. The quantitative estimate of drug-likeness (QED) is 0.822. The Hall–Kier alpha value is -1.75. The van der Waals surface area contributed by atoms with Gasteiger partial charge >= 0.3 is 0 Å². The third kappa shape index (κ3) is 3.68. The Morgan fingerprint density at radius 3 is 2.69 bits per heavy atom. The molecule has 1 aliphatic heterocycles. The third-order valence-electron chi connectivity index (χ3n) is 6.04. The van der Waals surface area contributed by atoms with Crippen molar-refractivity contribution in [3.05, 3.63) is 36.3 Å². The predicted octanol–water partition coefficient (Wildman–Crippen LogP) is 4.30. The number of hydrogen-bond donors (Lipinski definition) is 0. The predicted molar refractivity (Wildman–Crippen MR) is 104 cm³/mol. The Morgan fingerprint density at radius 2 is 1.88 bits per heavy atom. The third-order valence-corrected chi connectivity index (χ3v) is 6.04. The van der Waals surface area contributed by atoms with Crippen LogP contribution in [0.5, 0.6) is 0 Å². The lowest BCUT2D eigenvalue weighted by molar-refractivity contribution is 0.118. The zero-order valence-corrected chi connectivity index (χ0v) is 16.1. The van der Waals surface area contributed by atoms with Gasteiger partial charge in [-0.2, -0.15) is 0 Å². The number of rotatable bonds is 4. The van der Waals surface area contributed by atoms with Crippen molar-refractivity contribution in [2.24, 2.45) is 0 Å². The molecule has 0 amide bonds. The highest BCUT2D eigenvalue weighted by atomic mass is 15.2. The molecule has 2 fully saturated rings. The van der Waals surface area contributed by atoms with Gasteiger partial charge in [-0.25, -0.2) is 9.97 Å². The molecule has 0 unspecified atom stereocenters. The molecule has 2 aliphatic rings. The van der Waals surface area contributed by atoms with Gasteiger partial charge in [0.15, 0.2) is 5.82 Å². The van der Waals surface area contributed by atoms with Crippen LogP contribution in [-0.4, -0.2) is 43.6 Å². The molecule has 1 saturated heterocycles. The molecule has 3 heterocycles. The average Bonchev–Trinajstić information content (AvgIpc) is 3.19. The van der Waals surface area contributed by atoms with E-state index in [1.165, 1.54) is 51.5 Å². The van der Waals surface area contributed by atoms with E-state index >= 15 is 0 Å². The first-order valence-corrected chi connectivity index (χ1v) is 10.3. The summed E-state index contributed by atoms with van der Waals surface area (Å²) in [5.41, 5.74) is 1.14. The van der Waals surface area contributed by atoms with E-state index in [4.69, 9.17) is 4.98 Å². The zero-order valence-electron chi connectivity index (χ0n) is 16.1. The lowest BCUT2D eigenvalue weighted by Crippen LogP contribution is -2.43. The first-order valence-electron chi connectivity index (χ1n) is 10.3. The molecule has 0 bridgehead atoms. The van der Waals surface area contributed by atoms with Gasteiger partial charge in [0.1, 0.15) is 5.82 Å². The smallest absolute Gasteiger partial charge is 0.156 e. The maximum absolute atomic E-state index is 5.00. The molecule has 140 valence electrons. The fraction of sp³-hybridized carbons (Fsp3) is 0.667. The second-order valence-electron chi connectivity index (χ2n) is 8.24. The van der Waals surface area contributed by atoms with E-state index in [0.29, 0.717) is 11.8 Å². The summed E-state index contributed by atoms with van der Waals surface area (Å²) in [6.07, 6.45) is 17.2. The highest BCUT2D eigenvalue weighted by Gasteiger charge is 2.28. The maximum Gasteiger partial charge on any atom is 0.156 e. The van der Waals surface area contributed by atoms with Crippen LogP contribution in [0.1, 0.15) is 82.1 Å². The molecule has 2 aromatic heterocycles. The van der Waals surface area contributed by atoms with Crippen LogP contribution in [0.2, 0.25) is 0 Å².